The van der Waals surface area contributed by atoms with Crippen LogP contribution in [0.4, 0.5) is 0 Å². The van der Waals surface area contributed by atoms with Crippen LogP contribution in [0.3, 0.4) is 0 Å². The number of rotatable bonds is 0. The van der Waals surface area contributed by atoms with E-state index in [1.807, 2.05) is 0 Å². The van der Waals surface area contributed by atoms with Crippen LogP contribution >= 0.6 is 0 Å². The van der Waals surface area contributed by atoms with Gasteiger partial charge in [-0.05, 0) is 12.2 Å². The van der Waals surface area contributed by atoms with Crippen LogP contribution in [0.1, 0.15) is 0 Å². The topological polar surface area (TPSA) is 38.7 Å². The van der Waals surface area contributed by atoms with E-state index in [-0.39, 0.29) is 0 Å². The summed E-state index contributed by atoms with van der Waals surface area (Å²) in [6.07, 6.45) is 5.95. The van der Waals surface area contributed by atoms with E-state index < -0.39 is 6.48 Å². The van der Waals surface area contributed by atoms with Crippen LogP contribution < -0.4 is 0 Å². The van der Waals surface area contributed by atoms with Gasteiger partial charge in [0.1, 0.15) is 0 Å². The number of hydrogen-bond donors (Lipinski definition) is 1. The predicted octanol–water partition coefficient (Wildman–Crippen LogP) is 0.337. The van der Waals surface area contributed by atoms with Gasteiger partial charge in [-0.3, -0.25) is 0 Å². The highest BCUT2D eigenvalue weighted by molar-refractivity contribution is 4.97. The Hall–Kier alpha value is -0.960. The summed E-state index contributed by atoms with van der Waals surface area (Å²) in [5, 5.41) is 8.54. The van der Waals surface area contributed by atoms with E-state index in [4.69, 9.17) is 5.11 Å². The largest absolute Gasteiger partial charge is 0.440 e. The molecule has 0 spiro atoms. The summed E-state index contributed by atoms with van der Waals surface area (Å²) in [5.74, 6) is 0. The molecule has 3 nitrogen and oxygen atoms in total. The summed E-state index contributed by atoms with van der Waals surface area (Å²) in [5.41, 5.74) is 0. The van der Waals surface area contributed by atoms with Crippen molar-refractivity contribution in [3.63, 3.8) is 0 Å². The standard InChI is InChI=1S/C5H6O3/c6-5-7-3-1-2-4-8-5/h1-6H. The number of aliphatic hydroxyl groups is 1. The first kappa shape index (κ1) is 5.18. The lowest BCUT2D eigenvalue weighted by Gasteiger charge is -2.04. The molecule has 0 aromatic carbocycles. The molecule has 0 radical (unpaired) electrons. The molecule has 0 aliphatic carbocycles. The van der Waals surface area contributed by atoms with Crippen LogP contribution in [0.5, 0.6) is 0 Å². The van der Waals surface area contributed by atoms with E-state index in [1.165, 1.54) is 12.5 Å². The van der Waals surface area contributed by atoms with Gasteiger partial charge < -0.3 is 14.6 Å². The molecule has 0 saturated heterocycles. The third-order valence-corrected chi connectivity index (χ3v) is 0.658. The Bertz CT molecular complexity index is 103. The fraction of sp³-hybridized carbons (Fsp3) is 0.200. The van der Waals surface area contributed by atoms with Gasteiger partial charge in [-0.1, -0.05) is 0 Å². The Kier molecular flexibility index (Phi) is 1.54. The third-order valence-electron chi connectivity index (χ3n) is 0.658. The van der Waals surface area contributed by atoms with Crippen LogP contribution in [-0.2, 0) is 9.47 Å². The van der Waals surface area contributed by atoms with Crippen LogP contribution in [0.15, 0.2) is 24.7 Å². The summed E-state index contributed by atoms with van der Waals surface area (Å²) in [7, 11) is 0. The van der Waals surface area contributed by atoms with Crippen molar-refractivity contribution >= 4 is 0 Å². The van der Waals surface area contributed by atoms with E-state index in [0.717, 1.165) is 0 Å². The van der Waals surface area contributed by atoms with Crippen molar-refractivity contribution in [3.05, 3.63) is 24.7 Å². The van der Waals surface area contributed by atoms with Crippen molar-refractivity contribution < 1.29 is 14.6 Å². The first-order chi connectivity index (χ1) is 3.89. The molecule has 0 aromatic heterocycles. The van der Waals surface area contributed by atoms with Crippen molar-refractivity contribution in [2.75, 3.05) is 0 Å². The Balaban J connectivity index is 2.45. The quantitative estimate of drug-likeness (QED) is 0.493. The SMILES string of the molecule is OC1OC=CC=CO1. The second kappa shape index (κ2) is 2.37. The molecule has 1 N–H and O–H groups in total. The van der Waals surface area contributed by atoms with Crippen LogP contribution in [0, 0.1) is 0 Å². The minimum absolute atomic E-state index is 1.15. The lowest BCUT2D eigenvalue weighted by Crippen LogP contribution is -2.07. The maximum Gasteiger partial charge on any atom is 0.357 e. The summed E-state index contributed by atoms with van der Waals surface area (Å²) < 4.78 is 8.99. The average Bonchev–Trinajstić information content (AvgIpc) is 1.94. The van der Waals surface area contributed by atoms with E-state index in [1.54, 1.807) is 12.2 Å². The lowest BCUT2D eigenvalue weighted by atomic mass is 10.6. The highest BCUT2D eigenvalue weighted by Crippen LogP contribution is 1.96. The van der Waals surface area contributed by atoms with Gasteiger partial charge in [-0.15, -0.1) is 0 Å². The molecular formula is C5H6O3. The zero-order valence-corrected chi connectivity index (χ0v) is 4.15. The first-order valence-corrected chi connectivity index (χ1v) is 2.20. The summed E-state index contributed by atoms with van der Waals surface area (Å²) >= 11 is 0. The summed E-state index contributed by atoms with van der Waals surface area (Å²) in [6, 6.07) is 0. The smallest absolute Gasteiger partial charge is 0.357 e. The predicted molar refractivity (Wildman–Crippen MR) is 26.5 cm³/mol. The van der Waals surface area contributed by atoms with E-state index in [0.29, 0.717) is 0 Å². The molecule has 1 heterocycles. The van der Waals surface area contributed by atoms with Gasteiger partial charge in [0.15, 0.2) is 0 Å². The monoisotopic (exact) mass is 114 g/mol. The van der Waals surface area contributed by atoms with E-state index >= 15 is 0 Å². The number of hydrogen-bond acceptors (Lipinski definition) is 3. The van der Waals surface area contributed by atoms with Crippen molar-refractivity contribution in [2.45, 2.75) is 6.48 Å². The van der Waals surface area contributed by atoms with Crippen LogP contribution in [0.2, 0.25) is 0 Å². The highest BCUT2D eigenvalue weighted by Gasteiger charge is 1.98. The Labute approximate surface area is 46.8 Å². The Morgan fingerprint density at radius 1 is 1.12 bits per heavy atom. The fourth-order valence-electron chi connectivity index (χ4n) is 0.348. The number of ether oxygens (including phenoxy) is 2. The van der Waals surface area contributed by atoms with Gasteiger partial charge in [0, 0.05) is 0 Å². The van der Waals surface area contributed by atoms with Crippen LogP contribution in [0.25, 0.3) is 0 Å². The molecule has 3 heteroatoms. The zero-order valence-electron chi connectivity index (χ0n) is 4.15. The van der Waals surface area contributed by atoms with E-state index in [9.17, 15) is 0 Å². The molecule has 1 aliphatic rings. The second-order valence-electron chi connectivity index (χ2n) is 1.24. The van der Waals surface area contributed by atoms with Crippen LogP contribution in [-0.4, -0.2) is 11.6 Å². The first-order valence-electron chi connectivity index (χ1n) is 2.20. The maximum atomic E-state index is 8.54. The van der Waals surface area contributed by atoms with Gasteiger partial charge in [0.25, 0.3) is 0 Å². The maximum absolute atomic E-state index is 8.54. The minimum atomic E-state index is -1.15. The van der Waals surface area contributed by atoms with Gasteiger partial charge in [-0.25, -0.2) is 0 Å². The molecule has 0 fully saturated rings. The van der Waals surface area contributed by atoms with Gasteiger partial charge in [0.05, 0.1) is 12.5 Å². The minimum Gasteiger partial charge on any atom is -0.440 e. The summed E-state index contributed by atoms with van der Waals surface area (Å²) in [4.78, 5) is 0. The van der Waals surface area contributed by atoms with Crippen molar-refractivity contribution in [1.82, 2.24) is 0 Å². The van der Waals surface area contributed by atoms with Crippen molar-refractivity contribution in [1.29, 1.82) is 0 Å². The number of aliphatic hydroxyl groups excluding tert-OH is 1. The zero-order chi connectivity index (χ0) is 5.82. The van der Waals surface area contributed by atoms with Gasteiger partial charge in [-0.2, -0.15) is 0 Å². The van der Waals surface area contributed by atoms with Gasteiger partial charge in [0.2, 0.25) is 0 Å². The molecule has 0 unspecified atom stereocenters. The molecule has 0 bridgehead atoms. The van der Waals surface area contributed by atoms with E-state index in [2.05, 4.69) is 9.47 Å². The Morgan fingerprint density at radius 2 is 1.62 bits per heavy atom. The molecule has 1 rings (SSSR count). The number of allylic oxidation sites excluding steroid dienone is 2. The molecular weight excluding hydrogens is 108 g/mol. The van der Waals surface area contributed by atoms with Gasteiger partial charge >= 0.3 is 6.48 Å². The van der Waals surface area contributed by atoms with Crippen molar-refractivity contribution in [3.8, 4) is 0 Å². The summed E-state index contributed by atoms with van der Waals surface area (Å²) in [6.45, 7) is -1.15. The average molecular weight is 114 g/mol. The van der Waals surface area contributed by atoms with Crippen molar-refractivity contribution in [2.24, 2.45) is 0 Å². The fourth-order valence-corrected chi connectivity index (χ4v) is 0.348. The highest BCUT2D eigenvalue weighted by atomic mass is 16.8. The normalized spacial score (nSPS) is 19.1. The molecule has 0 saturated carbocycles. The molecule has 0 amide bonds. The molecule has 8 heavy (non-hydrogen) atoms. The Morgan fingerprint density at radius 3 is 2.12 bits per heavy atom. The third kappa shape index (κ3) is 1.27. The second-order valence-corrected chi connectivity index (χ2v) is 1.24. The molecule has 0 aromatic rings. The molecule has 44 valence electrons. The molecule has 1 aliphatic heterocycles. The lowest BCUT2D eigenvalue weighted by molar-refractivity contribution is -0.206. The molecule has 0 atom stereocenters.